The SMILES string of the molecule is COc1cc(NC(=O)Nc2cccnc2)cc(OC)c1OC. The van der Waals surface area contributed by atoms with Crippen molar-refractivity contribution in [2.45, 2.75) is 0 Å². The second-order valence-corrected chi connectivity index (χ2v) is 4.23. The third-order valence-corrected chi connectivity index (χ3v) is 2.84. The zero-order chi connectivity index (χ0) is 15.9. The maximum absolute atomic E-state index is 12.0. The molecule has 1 aromatic carbocycles. The number of carbonyl (C=O) groups is 1. The summed E-state index contributed by atoms with van der Waals surface area (Å²) in [7, 11) is 4.54. The molecule has 2 amide bonds. The molecule has 116 valence electrons. The van der Waals surface area contributed by atoms with E-state index in [4.69, 9.17) is 14.2 Å². The Bertz CT molecular complexity index is 621. The number of methoxy groups -OCH3 is 3. The van der Waals surface area contributed by atoms with Gasteiger partial charge in [0.2, 0.25) is 5.75 Å². The van der Waals surface area contributed by atoms with Gasteiger partial charge in [-0.15, -0.1) is 0 Å². The Morgan fingerprint density at radius 3 is 2.14 bits per heavy atom. The highest BCUT2D eigenvalue weighted by atomic mass is 16.5. The number of hydrogen-bond donors (Lipinski definition) is 2. The fourth-order valence-corrected chi connectivity index (χ4v) is 1.88. The minimum atomic E-state index is -0.401. The Balaban J connectivity index is 2.17. The first-order valence-corrected chi connectivity index (χ1v) is 6.46. The van der Waals surface area contributed by atoms with Gasteiger partial charge in [-0.3, -0.25) is 4.98 Å². The summed E-state index contributed by atoms with van der Waals surface area (Å²) in [5.41, 5.74) is 1.10. The number of carbonyl (C=O) groups excluding carboxylic acids is 1. The maximum Gasteiger partial charge on any atom is 0.323 e. The molecule has 0 saturated heterocycles. The number of urea groups is 1. The first kappa shape index (κ1) is 15.4. The van der Waals surface area contributed by atoms with Crippen molar-refractivity contribution in [3.8, 4) is 17.2 Å². The van der Waals surface area contributed by atoms with E-state index < -0.39 is 6.03 Å². The van der Waals surface area contributed by atoms with Crippen LogP contribution in [0.25, 0.3) is 0 Å². The van der Waals surface area contributed by atoms with E-state index in [9.17, 15) is 4.79 Å². The molecule has 7 nitrogen and oxygen atoms in total. The molecular formula is C15H17N3O4. The second kappa shape index (κ2) is 7.16. The van der Waals surface area contributed by atoms with Gasteiger partial charge in [-0.25, -0.2) is 4.79 Å². The third-order valence-electron chi connectivity index (χ3n) is 2.84. The van der Waals surface area contributed by atoms with Crippen LogP contribution in [0.4, 0.5) is 16.2 Å². The van der Waals surface area contributed by atoms with Gasteiger partial charge in [0.15, 0.2) is 11.5 Å². The van der Waals surface area contributed by atoms with E-state index in [1.807, 2.05) is 0 Å². The summed E-state index contributed by atoms with van der Waals surface area (Å²) < 4.78 is 15.7. The van der Waals surface area contributed by atoms with Crippen molar-refractivity contribution in [2.24, 2.45) is 0 Å². The van der Waals surface area contributed by atoms with Crippen molar-refractivity contribution < 1.29 is 19.0 Å². The van der Waals surface area contributed by atoms with Crippen molar-refractivity contribution >= 4 is 17.4 Å². The van der Waals surface area contributed by atoms with Crippen LogP contribution in [0, 0.1) is 0 Å². The summed E-state index contributed by atoms with van der Waals surface area (Å²) in [5, 5.41) is 5.37. The van der Waals surface area contributed by atoms with Crippen LogP contribution in [0.15, 0.2) is 36.7 Å². The number of nitrogens with one attached hydrogen (secondary N) is 2. The Labute approximate surface area is 128 Å². The molecule has 0 saturated carbocycles. The van der Waals surface area contributed by atoms with Crippen LogP contribution in [0.1, 0.15) is 0 Å². The molecule has 0 bridgehead atoms. The van der Waals surface area contributed by atoms with E-state index in [1.54, 1.807) is 36.7 Å². The van der Waals surface area contributed by atoms with Gasteiger partial charge in [0, 0.05) is 18.3 Å². The molecule has 0 atom stereocenters. The minimum absolute atomic E-state index is 0.401. The predicted octanol–water partition coefficient (Wildman–Crippen LogP) is 2.75. The van der Waals surface area contributed by atoms with Gasteiger partial charge >= 0.3 is 6.03 Å². The highest BCUT2D eigenvalue weighted by Crippen LogP contribution is 2.39. The number of pyridine rings is 1. The summed E-state index contributed by atoms with van der Waals surface area (Å²) in [4.78, 5) is 15.9. The number of ether oxygens (including phenoxy) is 3. The molecule has 2 rings (SSSR count). The molecule has 0 unspecified atom stereocenters. The Kier molecular flexibility index (Phi) is 5.02. The van der Waals surface area contributed by atoms with E-state index in [0.29, 0.717) is 28.6 Å². The highest BCUT2D eigenvalue weighted by Gasteiger charge is 2.14. The number of nitrogens with zero attached hydrogens (tertiary/aromatic N) is 1. The van der Waals surface area contributed by atoms with Gasteiger partial charge in [0.05, 0.1) is 38.9 Å². The fourth-order valence-electron chi connectivity index (χ4n) is 1.88. The molecule has 0 radical (unpaired) electrons. The summed E-state index contributed by atoms with van der Waals surface area (Å²) in [6.45, 7) is 0. The summed E-state index contributed by atoms with van der Waals surface area (Å²) in [5.74, 6) is 1.38. The van der Waals surface area contributed by atoms with Crippen molar-refractivity contribution in [3.05, 3.63) is 36.7 Å². The predicted molar refractivity (Wildman–Crippen MR) is 83.0 cm³/mol. The van der Waals surface area contributed by atoms with Gasteiger partial charge in [0.25, 0.3) is 0 Å². The lowest BCUT2D eigenvalue weighted by Gasteiger charge is -2.14. The maximum atomic E-state index is 12.0. The quantitative estimate of drug-likeness (QED) is 0.887. The molecule has 7 heteroatoms. The normalized spacial score (nSPS) is 9.77. The van der Waals surface area contributed by atoms with E-state index >= 15 is 0 Å². The van der Waals surface area contributed by atoms with Crippen LogP contribution in [0.3, 0.4) is 0 Å². The highest BCUT2D eigenvalue weighted by molar-refractivity contribution is 6.00. The summed E-state index contributed by atoms with van der Waals surface area (Å²) >= 11 is 0. The largest absolute Gasteiger partial charge is 0.493 e. The number of aromatic nitrogens is 1. The number of amides is 2. The molecule has 1 aromatic heterocycles. The van der Waals surface area contributed by atoms with Gasteiger partial charge in [-0.2, -0.15) is 0 Å². The average Bonchev–Trinajstić information content (AvgIpc) is 2.54. The van der Waals surface area contributed by atoms with Crippen LogP contribution in [-0.4, -0.2) is 32.3 Å². The molecule has 2 N–H and O–H groups in total. The van der Waals surface area contributed by atoms with Crippen LogP contribution >= 0.6 is 0 Å². The first-order valence-electron chi connectivity index (χ1n) is 6.46. The second-order valence-electron chi connectivity index (χ2n) is 4.23. The van der Waals surface area contributed by atoms with Crippen LogP contribution < -0.4 is 24.8 Å². The van der Waals surface area contributed by atoms with E-state index in [1.165, 1.54) is 21.3 Å². The van der Waals surface area contributed by atoms with Gasteiger partial charge in [0.1, 0.15) is 0 Å². The van der Waals surface area contributed by atoms with Crippen LogP contribution in [0.2, 0.25) is 0 Å². The fraction of sp³-hybridized carbons (Fsp3) is 0.200. The molecule has 0 aliphatic carbocycles. The Hall–Kier alpha value is -2.96. The molecule has 0 spiro atoms. The van der Waals surface area contributed by atoms with Crippen LogP contribution in [0.5, 0.6) is 17.2 Å². The van der Waals surface area contributed by atoms with Crippen molar-refractivity contribution in [1.82, 2.24) is 4.98 Å². The standard InChI is InChI=1S/C15H17N3O4/c1-20-12-7-11(8-13(21-2)14(12)22-3)18-15(19)17-10-5-4-6-16-9-10/h4-9H,1-3H3,(H2,17,18,19). The lowest BCUT2D eigenvalue weighted by Crippen LogP contribution is -2.19. The van der Waals surface area contributed by atoms with Crippen molar-refractivity contribution in [2.75, 3.05) is 32.0 Å². The molecule has 2 aromatic rings. The number of hydrogen-bond acceptors (Lipinski definition) is 5. The monoisotopic (exact) mass is 303 g/mol. The molecule has 0 aliphatic rings. The number of benzene rings is 1. The van der Waals surface area contributed by atoms with Crippen LogP contribution in [-0.2, 0) is 0 Å². The number of anilines is 2. The third kappa shape index (κ3) is 3.57. The Morgan fingerprint density at radius 1 is 1.00 bits per heavy atom. The number of rotatable bonds is 5. The van der Waals surface area contributed by atoms with Crippen molar-refractivity contribution in [1.29, 1.82) is 0 Å². The van der Waals surface area contributed by atoms with E-state index in [0.717, 1.165) is 0 Å². The first-order chi connectivity index (χ1) is 10.7. The molecule has 0 aliphatic heterocycles. The zero-order valence-electron chi connectivity index (χ0n) is 12.5. The molecule has 22 heavy (non-hydrogen) atoms. The zero-order valence-corrected chi connectivity index (χ0v) is 12.5. The molecule has 1 heterocycles. The average molecular weight is 303 g/mol. The van der Waals surface area contributed by atoms with Crippen molar-refractivity contribution in [3.63, 3.8) is 0 Å². The van der Waals surface area contributed by atoms with Gasteiger partial charge in [-0.1, -0.05) is 0 Å². The lowest BCUT2D eigenvalue weighted by atomic mass is 10.2. The van der Waals surface area contributed by atoms with Gasteiger partial charge < -0.3 is 24.8 Å². The lowest BCUT2D eigenvalue weighted by molar-refractivity contribution is 0.262. The smallest absolute Gasteiger partial charge is 0.323 e. The Morgan fingerprint density at radius 2 is 1.64 bits per heavy atom. The topological polar surface area (TPSA) is 81.7 Å². The summed E-state index contributed by atoms with van der Waals surface area (Å²) in [6, 6.07) is 6.35. The molecule has 0 fully saturated rings. The van der Waals surface area contributed by atoms with E-state index in [-0.39, 0.29) is 0 Å². The molecular weight excluding hydrogens is 286 g/mol. The van der Waals surface area contributed by atoms with Gasteiger partial charge in [-0.05, 0) is 12.1 Å². The van der Waals surface area contributed by atoms with E-state index in [2.05, 4.69) is 15.6 Å². The minimum Gasteiger partial charge on any atom is -0.493 e. The summed E-state index contributed by atoms with van der Waals surface area (Å²) in [6.07, 6.45) is 3.18.